The van der Waals surface area contributed by atoms with Gasteiger partial charge in [0.05, 0.1) is 25.2 Å². The zero-order valence-corrected chi connectivity index (χ0v) is 45.2. The molecule has 6 heteroatoms. The minimum Gasteiger partial charge on any atom is -0.462 e. The molecule has 3 atom stereocenters. The van der Waals surface area contributed by atoms with Gasteiger partial charge >= 0.3 is 5.97 Å². The molecule has 69 heavy (non-hydrogen) atoms. The van der Waals surface area contributed by atoms with Crippen molar-refractivity contribution in [2.45, 2.75) is 283 Å². The topological polar surface area (TPSA) is 95.9 Å². The molecule has 3 unspecified atom stereocenters. The van der Waals surface area contributed by atoms with Gasteiger partial charge in [-0.3, -0.25) is 9.59 Å². The van der Waals surface area contributed by atoms with E-state index in [2.05, 4.69) is 62.5 Å². The van der Waals surface area contributed by atoms with E-state index in [9.17, 15) is 19.8 Å². The lowest BCUT2D eigenvalue weighted by molar-refractivity contribution is -0.151. The Hall–Kier alpha value is -3.22. The van der Waals surface area contributed by atoms with Gasteiger partial charge in [-0.2, -0.15) is 0 Å². The van der Waals surface area contributed by atoms with Gasteiger partial charge in [-0.25, -0.2) is 0 Å². The monoisotopic (exact) mass is 960 g/mol. The third-order valence-electron chi connectivity index (χ3n) is 12.8. The maximum absolute atomic E-state index is 13.3. The molecule has 0 saturated heterocycles. The highest BCUT2D eigenvalue weighted by Gasteiger charge is 2.24. The van der Waals surface area contributed by atoms with Crippen LogP contribution in [0.3, 0.4) is 0 Å². The molecule has 0 aliphatic heterocycles. The average Bonchev–Trinajstić information content (AvgIpc) is 3.34. The van der Waals surface area contributed by atoms with Gasteiger partial charge in [-0.15, -0.1) is 0 Å². The minimum atomic E-state index is -0.817. The highest BCUT2D eigenvalue weighted by Crippen LogP contribution is 2.17. The van der Waals surface area contributed by atoms with Crippen molar-refractivity contribution in [1.29, 1.82) is 0 Å². The number of rotatable bonds is 51. The van der Waals surface area contributed by atoms with E-state index in [0.29, 0.717) is 19.3 Å². The third-order valence-corrected chi connectivity index (χ3v) is 12.8. The third kappa shape index (κ3) is 51.0. The molecule has 1 amide bonds. The molecular formula is C63H109NO5. The molecule has 0 radical (unpaired) electrons. The number of aliphatic hydroxyl groups is 2. The first-order valence-electron chi connectivity index (χ1n) is 29.1. The second-order valence-corrected chi connectivity index (χ2v) is 19.5. The molecule has 0 fully saturated rings. The fourth-order valence-corrected chi connectivity index (χ4v) is 8.46. The van der Waals surface area contributed by atoms with Crippen LogP contribution in [0.25, 0.3) is 0 Å². The van der Waals surface area contributed by atoms with Crippen LogP contribution in [0.1, 0.15) is 265 Å². The van der Waals surface area contributed by atoms with E-state index in [1.165, 1.54) is 141 Å². The lowest BCUT2D eigenvalue weighted by Gasteiger charge is -2.24. The van der Waals surface area contributed by atoms with Gasteiger partial charge in [0.2, 0.25) is 5.91 Å². The lowest BCUT2D eigenvalue weighted by Crippen LogP contribution is -2.46. The number of carbonyl (C=O) groups excluding carboxylic acids is 2. The number of nitrogens with one attached hydrogen (secondary N) is 1. The smallest absolute Gasteiger partial charge is 0.306 e. The second kappa shape index (κ2) is 55.7. The first-order valence-corrected chi connectivity index (χ1v) is 29.1. The van der Waals surface area contributed by atoms with Crippen molar-refractivity contribution in [3.63, 3.8) is 0 Å². The molecule has 0 aromatic carbocycles. The van der Waals surface area contributed by atoms with E-state index >= 15 is 0 Å². The second-order valence-electron chi connectivity index (χ2n) is 19.5. The zero-order valence-electron chi connectivity index (χ0n) is 45.2. The summed E-state index contributed by atoms with van der Waals surface area (Å²) < 4.78 is 5.91. The molecule has 0 saturated carbocycles. The SMILES string of the molecule is CC\C=C/C=C/C=C/C=C\C=C\C=C\CCCC(CC(=O)NC(CO)C(O)CCCCCCCCCCCCCCCCCCC)OC(=O)CCCCCCC/C=C/C=C/CCCCCCCCC. The van der Waals surface area contributed by atoms with Crippen molar-refractivity contribution in [2.24, 2.45) is 0 Å². The number of hydrogen-bond donors (Lipinski definition) is 3. The van der Waals surface area contributed by atoms with Crippen molar-refractivity contribution >= 4 is 11.9 Å². The van der Waals surface area contributed by atoms with Crippen molar-refractivity contribution in [2.75, 3.05) is 6.61 Å². The lowest BCUT2D eigenvalue weighted by atomic mass is 10.0. The van der Waals surface area contributed by atoms with Crippen LogP contribution >= 0.6 is 0 Å². The summed E-state index contributed by atoms with van der Waals surface area (Å²) in [6.07, 6.45) is 74.8. The average molecular weight is 961 g/mol. The van der Waals surface area contributed by atoms with Crippen molar-refractivity contribution in [1.82, 2.24) is 5.32 Å². The Bertz CT molecular complexity index is 1350. The summed E-state index contributed by atoms with van der Waals surface area (Å²) in [7, 11) is 0. The Morgan fingerprint density at radius 3 is 1.23 bits per heavy atom. The Labute approximate surface area is 426 Å². The van der Waals surface area contributed by atoms with Gasteiger partial charge in [-0.05, 0) is 64.2 Å². The first-order chi connectivity index (χ1) is 34.0. The van der Waals surface area contributed by atoms with Crippen LogP contribution in [0.5, 0.6) is 0 Å². The van der Waals surface area contributed by atoms with Crippen LogP contribution in [0.15, 0.2) is 97.2 Å². The molecule has 0 bridgehead atoms. The Kier molecular flexibility index (Phi) is 53.1. The molecule has 3 N–H and O–H groups in total. The number of amides is 1. The van der Waals surface area contributed by atoms with Crippen molar-refractivity contribution in [3.05, 3.63) is 97.2 Å². The van der Waals surface area contributed by atoms with Gasteiger partial charge < -0.3 is 20.3 Å². The first kappa shape index (κ1) is 65.8. The van der Waals surface area contributed by atoms with Gasteiger partial charge in [0, 0.05) is 6.42 Å². The number of aliphatic hydroxyl groups excluding tert-OH is 2. The molecule has 0 spiro atoms. The fourth-order valence-electron chi connectivity index (χ4n) is 8.46. The van der Waals surface area contributed by atoms with Crippen LogP contribution < -0.4 is 5.32 Å². The van der Waals surface area contributed by atoms with Gasteiger partial charge in [-0.1, -0.05) is 285 Å². The quantitative estimate of drug-likeness (QED) is 0.0321. The van der Waals surface area contributed by atoms with E-state index in [0.717, 1.165) is 77.0 Å². The maximum Gasteiger partial charge on any atom is 0.306 e. The van der Waals surface area contributed by atoms with Crippen LogP contribution in [0.4, 0.5) is 0 Å². The van der Waals surface area contributed by atoms with E-state index in [-0.39, 0.29) is 24.9 Å². The summed E-state index contributed by atoms with van der Waals surface area (Å²) in [6.45, 7) is 6.33. The highest BCUT2D eigenvalue weighted by molar-refractivity contribution is 5.77. The van der Waals surface area contributed by atoms with Crippen LogP contribution in [0, 0.1) is 0 Å². The van der Waals surface area contributed by atoms with E-state index < -0.39 is 18.2 Å². The Morgan fingerprint density at radius 2 is 0.797 bits per heavy atom. The number of hydrogen-bond acceptors (Lipinski definition) is 5. The fraction of sp³-hybridized carbons (Fsp3) is 0.714. The van der Waals surface area contributed by atoms with Crippen LogP contribution in [-0.2, 0) is 14.3 Å². The summed E-state index contributed by atoms with van der Waals surface area (Å²) in [4.78, 5) is 26.3. The highest BCUT2D eigenvalue weighted by atomic mass is 16.5. The maximum atomic E-state index is 13.3. The summed E-state index contributed by atoms with van der Waals surface area (Å²) >= 11 is 0. The minimum absolute atomic E-state index is 0.0158. The molecule has 6 nitrogen and oxygen atoms in total. The normalized spacial score (nSPS) is 13.9. The number of ether oxygens (including phenoxy) is 1. The summed E-state index contributed by atoms with van der Waals surface area (Å²) in [6, 6.07) is -0.736. The van der Waals surface area contributed by atoms with Crippen molar-refractivity contribution in [3.8, 4) is 0 Å². The molecule has 396 valence electrons. The summed E-state index contributed by atoms with van der Waals surface area (Å²) in [5.74, 6) is -0.568. The standard InChI is InChI=1S/C63H109NO5/c1-4-7-10-13-16-19-22-25-28-30-32-35-38-41-44-47-50-53-56-63(68)69-59(54-51-48-45-42-39-36-33-27-24-21-18-15-12-9-6-3)57-62(67)64-60(58-65)61(66)55-52-49-46-43-40-37-34-31-29-26-23-20-17-14-11-8-5-2/h9,12,15,18,21,24,27-28,30,32-33,35-36,39,42,45,59-61,65-66H,4-8,10-11,13-14,16-17,19-20,22-23,25-26,29,31,34,37-38,40-41,43-44,46-58H2,1-3H3,(H,64,67)/b12-9-,18-15+,24-21+,30-28+,33-27-,35-32+,39-36+,45-42+. The predicted octanol–water partition coefficient (Wildman–Crippen LogP) is 18.1. The number of esters is 1. The van der Waals surface area contributed by atoms with E-state index in [1.807, 2.05) is 60.8 Å². The molecule has 0 heterocycles. The van der Waals surface area contributed by atoms with E-state index in [1.54, 1.807) is 0 Å². The van der Waals surface area contributed by atoms with E-state index in [4.69, 9.17) is 4.74 Å². The number of carbonyl (C=O) groups is 2. The molecule has 0 aliphatic carbocycles. The Morgan fingerprint density at radius 1 is 0.435 bits per heavy atom. The summed E-state index contributed by atoms with van der Waals surface area (Å²) in [5.41, 5.74) is 0. The zero-order chi connectivity index (χ0) is 50.2. The van der Waals surface area contributed by atoms with Crippen LogP contribution in [-0.4, -0.2) is 46.9 Å². The molecule has 0 rings (SSSR count). The number of unbranched alkanes of at least 4 members (excludes halogenated alkanes) is 29. The molecule has 0 aromatic rings. The molecular weight excluding hydrogens is 851 g/mol. The van der Waals surface area contributed by atoms with Gasteiger partial charge in [0.15, 0.2) is 0 Å². The number of allylic oxidation sites excluding steroid dienone is 16. The van der Waals surface area contributed by atoms with Gasteiger partial charge in [0.1, 0.15) is 6.10 Å². The Balaban J connectivity index is 4.68. The van der Waals surface area contributed by atoms with Crippen molar-refractivity contribution < 1.29 is 24.5 Å². The van der Waals surface area contributed by atoms with Gasteiger partial charge in [0.25, 0.3) is 0 Å². The molecule has 0 aromatic heterocycles. The molecule has 0 aliphatic rings. The van der Waals surface area contributed by atoms with Crippen LogP contribution in [0.2, 0.25) is 0 Å². The summed E-state index contributed by atoms with van der Waals surface area (Å²) in [5, 5.41) is 23.9. The predicted molar refractivity (Wildman–Crippen MR) is 300 cm³/mol. The largest absolute Gasteiger partial charge is 0.462 e.